The number of nitrogens with zero attached hydrogens (tertiary/aromatic N) is 3. The molecule has 3 N–H and O–H groups in total. The molecule has 6 rings (SSSR count). The van der Waals surface area contributed by atoms with Crippen molar-refractivity contribution in [3.8, 4) is 11.5 Å². The van der Waals surface area contributed by atoms with E-state index in [0.717, 1.165) is 29.5 Å². The molecule has 0 bridgehead atoms. The van der Waals surface area contributed by atoms with Crippen molar-refractivity contribution in [2.75, 3.05) is 39.3 Å². The zero-order valence-electron chi connectivity index (χ0n) is 24.0. The van der Waals surface area contributed by atoms with E-state index in [9.17, 15) is 19.8 Å². The van der Waals surface area contributed by atoms with Crippen molar-refractivity contribution in [3.63, 3.8) is 0 Å². The summed E-state index contributed by atoms with van der Waals surface area (Å²) in [5, 5.41) is 22.5. The van der Waals surface area contributed by atoms with Gasteiger partial charge in [-0.1, -0.05) is 30.3 Å². The molecular formula is C33H38N4O5. The van der Waals surface area contributed by atoms with E-state index < -0.39 is 0 Å². The SMILES string of the molecule is Cc1cc(C(=O)N2CCC3(CC2)OCc2ccccc23)ccc1CNC(=O)N1CCN(Cc2cc(O)cc(O)c2)CC1. The van der Waals surface area contributed by atoms with Gasteiger partial charge in [-0.15, -0.1) is 0 Å². The van der Waals surface area contributed by atoms with Gasteiger partial charge in [-0.2, -0.15) is 0 Å². The van der Waals surface area contributed by atoms with Gasteiger partial charge in [0.15, 0.2) is 0 Å². The molecule has 3 heterocycles. The van der Waals surface area contributed by atoms with Crippen LogP contribution in [0.5, 0.6) is 11.5 Å². The van der Waals surface area contributed by atoms with E-state index in [4.69, 9.17) is 4.74 Å². The summed E-state index contributed by atoms with van der Waals surface area (Å²) >= 11 is 0. The third-order valence-electron chi connectivity index (χ3n) is 8.92. The third kappa shape index (κ3) is 5.80. The summed E-state index contributed by atoms with van der Waals surface area (Å²) in [5.74, 6) is 0.121. The Kier molecular flexibility index (Phi) is 7.79. The van der Waals surface area contributed by atoms with Crippen LogP contribution in [0.1, 0.15) is 51.0 Å². The number of likely N-dealkylation sites (tertiary alicyclic amines) is 1. The summed E-state index contributed by atoms with van der Waals surface area (Å²) in [6.07, 6.45) is 1.60. The molecule has 3 amide bonds. The molecule has 0 aliphatic carbocycles. The van der Waals surface area contributed by atoms with Gasteiger partial charge in [0.05, 0.1) is 12.2 Å². The number of amides is 3. The molecule has 9 heteroatoms. The van der Waals surface area contributed by atoms with Crippen molar-refractivity contribution in [2.24, 2.45) is 0 Å². The highest BCUT2D eigenvalue weighted by Gasteiger charge is 2.43. The molecule has 3 aliphatic rings. The molecule has 42 heavy (non-hydrogen) atoms. The Labute approximate surface area is 246 Å². The second kappa shape index (κ2) is 11.7. The molecule has 0 radical (unpaired) electrons. The summed E-state index contributed by atoms with van der Waals surface area (Å²) in [6.45, 7) is 7.53. The number of hydrogen-bond donors (Lipinski definition) is 3. The van der Waals surface area contributed by atoms with E-state index in [1.54, 1.807) is 17.0 Å². The minimum Gasteiger partial charge on any atom is -0.508 e. The van der Waals surface area contributed by atoms with Gasteiger partial charge in [-0.3, -0.25) is 9.69 Å². The highest BCUT2D eigenvalue weighted by Crippen LogP contribution is 2.44. The van der Waals surface area contributed by atoms with Gasteiger partial charge in [0.1, 0.15) is 11.5 Å². The molecule has 0 saturated carbocycles. The Bertz CT molecular complexity index is 1450. The van der Waals surface area contributed by atoms with Crippen molar-refractivity contribution in [1.82, 2.24) is 20.0 Å². The zero-order valence-corrected chi connectivity index (χ0v) is 24.0. The standard InChI is InChI=1S/C33H38N4O5/c1-23-16-25(31(40)36-10-8-33(9-11-36)30-5-3-2-4-27(30)22-42-33)6-7-26(23)20-34-32(41)37-14-12-35(13-15-37)21-24-17-28(38)19-29(39)18-24/h2-7,16-19,38-39H,8-15,20-22H2,1H3,(H,34,41). The van der Waals surface area contributed by atoms with Crippen LogP contribution in [0.25, 0.3) is 0 Å². The van der Waals surface area contributed by atoms with Gasteiger partial charge in [0.25, 0.3) is 5.91 Å². The fourth-order valence-electron chi connectivity index (χ4n) is 6.48. The number of rotatable bonds is 5. The Morgan fingerprint density at radius 3 is 2.31 bits per heavy atom. The molecule has 0 atom stereocenters. The number of urea groups is 1. The van der Waals surface area contributed by atoms with E-state index in [0.29, 0.717) is 64.5 Å². The molecule has 3 aromatic carbocycles. The number of phenols is 2. The zero-order chi connectivity index (χ0) is 29.3. The number of carbonyl (C=O) groups is 2. The monoisotopic (exact) mass is 570 g/mol. The number of piperidine rings is 1. The molecule has 0 aromatic heterocycles. The Hall–Kier alpha value is -4.08. The minimum atomic E-state index is -0.270. The van der Waals surface area contributed by atoms with E-state index in [2.05, 4.69) is 28.4 Å². The molecule has 220 valence electrons. The van der Waals surface area contributed by atoms with Gasteiger partial charge in [0.2, 0.25) is 0 Å². The number of ether oxygens (including phenoxy) is 1. The smallest absolute Gasteiger partial charge is 0.317 e. The van der Waals surface area contributed by atoms with Crippen LogP contribution in [0.2, 0.25) is 0 Å². The van der Waals surface area contributed by atoms with Crippen molar-refractivity contribution < 1.29 is 24.5 Å². The van der Waals surface area contributed by atoms with Gasteiger partial charge < -0.3 is 30.1 Å². The molecule has 2 saturated heterocycles. The maximum Gasteiger partial charge on any atom is 0.317 e. The lowest BCUT2D eigenvalue weighted by Gasteiger charge is -2.39. The van der Waals surface area contributed by atoms with Crippen LogP contribution in [0, 0.1) is 6.92 Å². The average molecular weight is 571 g/mol. The first-order valence-corrected chi connectivity index (χ1v) is 14.7. The number of piperazine rings is 1. The second-order valence-corrected chi connectivity index (χ2v) is 11.7. The fraction of sp³-hybridized carbons (Fsp3) is 0.394. The molecule has 3 aliphatic heterocycles. The number of phenolic OH excluding ortho intramolecular Hbond substituents is 2. The van der Waals surface area contributed by atoms with Crippen LogP contribution in [0.4, 0.5) is 4.79 Å². The normalized spacial score (nSPS) is 18.2. The lowest BCUT2D eigenvalue weighted by atomic mass is 9.83. The number of nitrogens with one attached hydrogen (secondary N) is 1. The Morgan fingerprint density at radius 1 is 0.881 bits per heavy atom. The highest BCUT2D eigenvalue weighted by atomic mass is 16.5. The molecule has 3 aromatic rings. The third-order valence-corrected chi connectivity index (χ3v) is 8.92. The number of aromatic hydroxyl groups is 2. The predicted molar refractivity (Wildman–Crippen MR) is 158 cm³/mol. The van der Waals surface area contributed by atoms with E-state index in [1.165, 1.54) is 17.2 Å². The Morgan fingerprint density at radius 2 is 1.60 bits per heavy atom. The van der Waals surface area contributed by atoms with Crippen LogP contribution < -0.4 is 5.32 Å². The Balaban J connectivity index is 0.979. The first kappa shape index (κ1) is 28.1. The fourth-order valence-corrected chi connectivity index (χ4v) is 6.48. The van der Waals surface area contributed by atoms with Gasteiger partial charge in [-0.25, -0.2) is 4.79 Å². The first-order chi connectivity index (χ1) is 20.3. The largest absolute Gasteiger partial charge is 0.508 e. The van der Waals surface area contributed by atoms with Gasteiger partial charge in [0, 0.05) is 64.0 Å². The maximum absolute atomic E-state index is 13.3. The van der Waals surface area contributed by atoms with E-state index in [1.807, 2.05) is 36.1 Å². The summed E-state index contributed by atoms with van der Waals surface area (Å²) in [4.78, 5) is 32.1. The van der Waals surface area contributed by atoms with E-state index >= 15 is 0 Å². The predicted octanol–water partition coefficient (Wildman–Crippen LogP) is 4.10. The van der Waals surface area contributed by atoms with Crippen LogP contribution in [0.3, 0.4) is 0 Å². The van der Waals surface area contributed by atoms with Crippen molar-refractivity contribution in [3.05, 3.63) is 94.0 Å². The van der Waals surface area contributed by atoms with Crippen LogP contribution in [-0.4, -0.2) is 76.1 Å². The topological polar surface area (TPSA) is 106 Å². The van der Waals surface area contributed by atoms with Crippen molar-refractivity contribution >= 4 is 11.9 Å². The lowest BCUT2D eigenvalue weighted by Crippen LogP contribution is -2.51. The maximum atomic E-state index is 13.3. The lowest BCUT2D eigenvalue weighted by molar-refractivity contribution is -0.0741. The average Bonchev–Trinajstić information content (AvgIpc) is 3.34. The molecular weight excluding hydrogens is 532 g/mol. The van der Waals surface area contributed by atoms with Crippen LogP contribution in [0.15, 0.2) is 60.7 Å². The molecule has 1 spiro atoms. The minimum absolute atomic E-state index is 0.0358. The number of hydrogen-bond acceptors (Lipinski definition) is 6. The summed E-state index contributed by atoms with van der Waals surface area (Å²) < 4.78 is 6.25. The molecule has 2 fully saturated rings. The number of carbonyl (C=O) groups excluding carboxylic acids is 2. The molecule has 0 unspecified atom stereocenters. The van der Waals surface area contributed by atoms with E-state index in [-0.39, 0.29) is 29.0 Å². The van der Waals surface area contributed by atoms with Crippen molar-refractivity contribution in [2.45, 2.75) is 45.1 Å². The van der Waals surface area contributed by atoms with Crippen LogP contribution in [-0.2, 0) is 30.0 Å². The summed E-state index contributed by atoms with van der Waals surface area (Å²) in [6, 6.07) is 18.6. The quantitative estimate of drug-likeness (QED) is 0.427. The van der Waals surface area contributed by atoms with Gasteiger partial charge in [-0.05, 0) is 71.8 Å². The first-order valence-electron chi connectivity index (χ1n) is 14.7. The number of benzene rings is 3. The summed E-state index contributed by atoms with van der Waals surface area (Å²) in [7, 11) is 0. The molecule has 9 nitrogen and oxygen atoms in total. The number of fused-ring (bicyclic) bond motifs is 2. The summed E-state index contributed by atoms with van der Waals surface area (Å²) in [5.41, 5.74) is 5.72. The second-order valence-electron chi connectivity index (χ2n) is 11.7. The van der Waals surface area contributed by atoms with Gasteiger partial charge >= 0.3 is 6.03 Å². The number of aryl methyl sites for hydroxylation is 1. The highest BCUT2D eigenvalue weighted by molar-refractivity contribution is 5.94. The van der Waals surface area contributed by atoms with Crippen LogP contribution >= 0.6 is 0 Å². The van der Waals surface area contributed by atoms with Crippen molar-refractivity contribution in [1.29, 1.82) is 0 Å².